The lowest BCUT2D eigenvalue weighted by molar-refractivity contribution is 0.0543. The normalized spacial score (nSPS) is 18.6. The van der Waals surface area contributed by atoms with Crippen molar-refractivity contribution in [2.45, 2.75) is 57.9 Å². The zero-order valence-corrected chi connectivity index (χ0v) is 17.6. The van der Waals surface area contributed by atoms with Crippen molar-refractivity contribution in [1.29, 1.82) is 0 Å². The predicted octanol–water partition coefficient (Wildman–Crippen LogP) is 4.02. The molecule has 0 saturated carbocycles. The maximum atomic E-state index is 13.1. The van der Waals surface area contributed by atoms with Crippen LogP contribution in [-0.2, 0) is 10.0 Å². The van der Waals surface area contributed by atoms with Gasteiger partial charge >= 0.3 is 0 Å². The number of nitrogens with zero attached hydrogens (tertiary/aromatic N) is 2. The number of benzene rings is 1. The van der Waals surface area contributed by atoms with Crippen molar-refractivity contribution < 1.29 is 13.2 Å². The van der Waals surface area contributed by atoms with Gasteiger partial charge in [-0.05, 0) is 43.4 Å². The molecular formula is C19H29ClN2O3S. The molecule has 1 aliphatic rings. The van der Waals surface area contributed by atoms with E-state index in [1.807, 2.05) is 4.90 Å². The third-order valence-electron chi connectivity index (χ3n) is 5.08. The maximum Gasteiger partial charge on any atom is 0.254 e. The zero-order valence-electron chi connectivity index (χ0n) is 16.0. The van der Waals surface area contributed by atoms with Gasteiger partial charge in [-0.15, -0.1) is 0 Å². The second kappa shape index (κ2) is 8.72. The lowest BCUT2D eigenvalue weighted by Gasteiger charge is -2.38. The molecular weight excluding hydrogens is 372 g/mol. The average molecular weight is 401 g/mol. The molecule has 1 unspecified atom stereocenters. The second-order valence-corrected chi connectivity index (χ2v) is 9.35. The van der Waals surface area contributed by atoms with Crippen LogP contribution in [-0.4, -0.2) is 49.2 Å². The van der Waals surface area contributed by atoms with Crippen LogP contribution in [0.15, 0.2) is 23.1 Å². The first-order chi connectivity index (χ1) is 12.2. The highest BCUT2D eigenvalue weighted by Crippen LogP contribution is 2.29. The van der Waals surface area contributed by atoms with E-state index in [1.54, 1.807) is 19.9 Å². The summed E-state index contributed by atoms with van der Waals surface area (Å²) in [6, 6.07) is 4.76. The molecule has 0 aliphatic carbocycles. The quantitative estimate of drug-likeness (QED) is 0.724. The summed E-state index contributed by atoms with van der Waals surface area (Å²) in [7, 11) is -3.72. The molecule has 1 aliphatic heterocycles. The van der Waals surface area contributed by atoms with Crippen LogP contribution in [0, 0.1) is 5.92 Å². The van der Waals surface area contributed by atoms with Gasteiger partial charge in [0, 0.05) is 31.2 Å². The van der Waals surface area contributed by atoms with Crippen LogP contribution in [0.1, 0.15) is 57.3 Å². The summed E-state index contributed by atoms with van der Waals surface area (Å²) >= 11 is 6.18. The minimum absolute atomic E-state index is 0.00632. The Bertz CT molecular complexity index is 745. The molecule has 1 aromatic carbocycles. The first-order valence-corrected chi connectivity index (χ1v) is 11.2. The van der Waals surface area contributed by atoms with Crippen LogP contribution in [0.3, 0.4) is 0 Å². The molecule has 26 heavy (non-hydrogen) atoms. The van der Waals surface area contributed by atoms with Gasteiger partial charge in [-0.2, -0.15) is 4.31 Å². The highest BCUT2D eigenvalue weighted by Gasteiger charge is 2.31. The van der Waals surface area contributed by atoms with Gasteiger partial charge in [0.15, 0.2) is 0 Å². The van der Waals surface area contributed by atoms with E-state index < -0.39 is 10.0 Å². The molecule has 0 bridgehead atoms. The number of rotatable bonds is 6. The van der Waals surface area contributed by atoms with E-state index in [2.05, 4.69) is 13.8 Å². The van der Waals surface area contributed by atoms with Crippen molar-refractivity contribution in [2.24, 2.45) is 5.92 Å². The van der Waals surface area contributed by atoms with Crippen LogP contribution in [0.4, 0.5) is 0 Å². The van der Waals surface area contributed by atoms with Gasteiger partial charge in [-0.3, -0.25) is 4.79 Å². The van der Waals surface area contributed by atoms with Crippen molar-refractivity contribution in [3.8, 4) is 0 Å². The third-order valence-corrected chi connectivity index (χ3v) is 7.61. The Kier molecular flexibility index (Phi) is 7.11. The highest BCUT2D eigenvalue weighted by atomic mass is 35.5. The van der Waals surface area contributed by atoms with Gasteiger partial charge in [-0.1, -0.05) is 39.3 Å². The lowest BCUT2D eigenvalue weighted by atomic mass is 9.92. The van der Waals surface area contributed by atoms with Crippen LogP contribution in [0.5, 0.6) is 0 Å². The van der Waals surface area contributed by atoms with Gasteiger partial charge < -0.3 is 4.90 Å². The molecule has 146 valence electrons. The Balaban J connectivity index is 2.41. The summed E-state index contributed by atoms with van der Waals surface area (Å²) < 4.78 is 27.1. The zero-order chi connectivity index (χ0) is 19.5. The number of halogens is 1. The largest absolute Gasteiger partial charge is 0.335 e. The fourth-order valence-electron chi connectivity index (χ4n) is 3.61. The highest BCUT2D eigenvalue weighted by molar-refractivity contribution is 7.89. The second-order valence-electron chi connectivity index (χ2n) is 7.04. The first-order valence-electron chi connectivity index (χ1n) is 9.34. The molecule has 1 saturated heterocycles. The number of hydrogen-bond donors (Lipinski definition) is 0. The molecule has 1 amide bonds. The molecule has 0 spiro atoms. The Morgan fingerprint density at radius 3 is 2.50 bits per heavy atom. The smallest absolute Gasteiger partial charge is 0.254 e. The molecule has 7 heteroatoms. The fourth-order valence-corrected chi connectivity index (χ4v) is 5.56. The Morgan fingerprint density at radius 1 is 1.27 bits per heavy atom. The van der Waals surface area contributed by atoms with E-state index in [4.69, 9.17) is 11.6 Å². The van der Waals surface area contributed by atoms with Crippen molar-refractivity contribution in [3.05, 3.63) is 28.8 Å². The van der Waals surface area contributed by atoms with E-state index in [0.29, 0.717) is 31.1 Å². The molecule has 1 atom stereocenters. The average Bonchev–Trinajstić information content (AvgIpc) is 2.62. The minimum atomic E-state index is -3.72. The van der Waals surface area contributed by atoms with Crippen molar-refractivity contribution in [2.75, 3.05) is 19.6 Å². The number of hydrogen-bond acceptors (Lipinski definition) is 3. The topological polar surface area (TPSA) is 57.7 Å². The summed E-state index contributed by atoms with van der Waals surface area (Å²) in [6.07, 6.45) is 3.09. The lowest BCUT2D eigenvalue weighted by Crippen LogP contribution is -2.46. The van der Waals surface area contributed by atoms with Crippen LogP contribution < -0.4 is 0 Å². The monoisotopic (exact) mass is 400 g/mol. The molecule has 1 aromatic rings. The summed E-state index contributed by atoms with van der Waals surface area (Å²) in [5, 5.41) is 0.146. The number of sulfonamides is 1. The van der Waals surface area contributed by atoms with E-state index in [1.165, 1.54) is 16.4 Å². The van der Waals surface area contributed by atoms with Crippen LogP contribution >= 0.6 is 11.6 Å². The molecule has 5 nitrogen and oxygen atoms in total. The van der Waals surface area contributed by atoms with Crippen molar-refractivity contribution in [3.63, 3.8) is 0 Å². The Labute approximate surface area is 162 Å². The number of carbonyl (C=O) groups is 1. The molecule has 0 N–H and O–H groups in total. The Morgan fingerprint density at radius 2 is 1.92 bits per heavy atom. The van der Waals surface area contributed by atoms with E-state index in [0.717, 1.165) is 19.3 Å². The van der Waals surface area contributed by atoms with E-state index in [9.17, 15) is 13.2 Å². The SMILES string of the molecule is CCN(CC)S(=O)(=O)c1cc(C(=O)N2CCCCC2C(C)C)ccc1Cl. The van der Waals surface area contributed by atoms with Gasteiger partial charge in [0.05, 0.1) is 5.02 Å². The summed E-state index contributed by atoms with van der Waals surface area (Å²) in [4.78, 5) is 15.0. The van der Waals surface area contributed by atoms with Gasteiger partial charge in [0.25, 0.3) is 5.91 Å². The van der Waals surface area contributed by atoms with Crippen LogP contribution in [0.25, 0.3) is 0 Å². The summed E-state index contributed by atoms with van der Waals surface area (Å²) in [5.74, 6) is 0.251. The van der Waals surface area contributed by atoms with Crippen molar-refractivity contribution in [1.82, 2.24) is 9.21 Å². The fraction of sp³-hybridized carbons (Fsp3) is 0.632. The molecule has 2 rings (SSSR count). The van der Waals surface area contributed by atoms with Gasteiger partial charge in [0.1, 0.15) is 4.90 Å². The van der Waals surface area contributed by atoms with Crippen molar-refractivity contribution >= 4 is 27.5 Å². The minimum Gasteiger partial charge on any atom is -0.335 e. The maximum absolute atomic E-state index is 13.1. The summed E-state index contributed by atoms with van der Waals surface area (Å²) in [6.45, 7) is 9.23. The molecule has 1 fully saturated rings. The third kappa shape index (κ3) is 4.24. The number of carbonyl (C=O) groups excluding carboxylic acids is 1. The number of likely N-dealkylation sites (tertiary alicyclic amines) is 1. The van der Waals surface area contributed by atoms with Gasteiger partial charge in [-0.25, -0.2) is 8.42 Å². The molecule has 0 aromatic heterocycles. The van der Waals surface area contributed by atoms with Crippen LogP contribution in [0.2, 0.25) is 5.02 Å². The number of amides is 1. The van der Waals surface area contributed by atoms with Gasteiger partial charge in [0.2, 0.25) is 10.0 Å². The predicted molar refractivity (Wildman–Crippen MR) is 105 cm³/mol. The standard InChI is InChI=1S/C19H29ClN2O3S/c1-5-21(6-2)26(24,25)18-13-15(10-11-16(18)20)19(23)22-12-8-7-9-17(22)14(3)4/h10-11,13-14,17H,5-9,12H2,1-4H3. The molecule has 1 heterocycles. The van der Waals surface area contributed by atoms with E-state index in [-0.39, 0.29) is 21.9 Å². The molecule has 0 radical (unpaired) electrons. The van der Waals surface area contributed by atoms with E-state index >= 15 is 0 Å². The summed E-state index contributed by atoms with van der Waals surface area (Å²) in [5.41, 5.74) is 0.382. The Hall–Kier alpha value is -1.11. The number of piperidine rings is 1. The first kappa shape index (κ1) is 21.2.